The summed E-state index contributed by atoms with van der Waals surface area (Å²) in [5.74, 6) is 1.89. The van der Waals surface area contributed by atoms with Gasteiger partial charge in [-0.05, 0) is 26.3 Å². The summed E-state index contributed by atoms with van der Waals surface area (Å²) in [6.07, 6.45) is 0. The molecule has 4 heteroatoms. The molecule has 92 valence electrons. The van der Waals surface area contributed by atoms with E-state index in [1.165, 1.54) is 0 Å². The molecule has 16 heavy (non-hydrogen) atoms. The first-order valence-electron chi connectivity index (χ1n) is 5.58. The molecule has 1 aromatic rings. The molecule has 0 radical (unpaired) electrons. The maximum absolute atomic E-state index is 5.55. The van der Waals surface area contributed by atoms with Gasteiger partial charge in [0.2, 0.25) is 0 Å². The van der Waals surface area contributed by atoms with E-state index in [0.717, 1.165) is 22.4 Å². The Balaban J connectivity index is 2.56. The van der Waals surface area contributed by atoms with Crippen LogP contribution in [-0.4, -0.2) is 23.8 Å². The largest absolute Gasteiger partial charge is 0.437 e. The third kappa shape index (κ3) is 3.52. The fraction of sp³-hybridized carbons (Fsp3) is 0.750. The van der Waals surface area contributed by atoms with Crippen molar-refractivity contribution < 1.29 is 4.42 Å². The summed E-state index contributed by atoms with van der Waals surface area (Å²) in [5, 5.41) is 4.12. The van der Waals surface area contributed by atoms with Crippen LogP contribution >= 0.6 is 11.8 Å². The Morgan fingerprint density at radius 1 is 1.38 bits per heavy atom. The van der Waals surface area contributed by atoms with E-state index in [2.05, 4.69) is 31.1 Å². The van der Waals surface area contributed by atoms with E-state index < -0.39 is 0 Å². The molecular formula is C12H22N2OS. The summed E-state index contributed by atoms with van der Waals surface area (Å²) in [4.78, 5) is 4.37. The van der Waals surface area contributed by atoms with Crippen molar-refractivity contribution in [2.45, 2.75) is 45.9 Å². The number of hydrogen-bond donors (Lipinski definition) is 1. The number of thioether (sulfide) groups is 1. The monoisotopic (exact) mass is 242 g/mol. The molecule has 1 aromatic heterocycles. The molecule has 1 N–H and O–H groups in total. The quantitative estimate of drug-likeness (QED) is 0.824. The fourth-order valence-corrected chi connectivity index (χ4v) is 2.79. The molecule has 0 spiro atoms. The molecule has 1 unspecified atom stereocenters. The number of aromatic nitrogens is 1. The first-order valence-corrected chi connectivity index (χ1v) is 6.57. The average Bonchev–Trinajstić information content (AvgIpc) is 2.45. The van der Waals surface area contributed by atoms with Crippen LogP contribution in [0.3, 0.4) is 0 Å². The van der Waals surface area contributed by atoms with E-state index in [1.54, 1.807) is 11.8 Å². The Hall–Kier alpha value is -0.480. The second kappa shape index (κ2) is 5.23. The number of aryl methyl sites for hydroxylation is 2. The molecule has 1 heterocycles. The smallest absolute Gasteiger partial charge is 0.256 e. The maximum atomic E-state index is 5.55. The lowest BCUT2D eigenvalue weighted by Gasteiger charge is -2.29. The molecule has 0 amide bonds. The van der Waals surface area contributed by atoms with Gasteiger partial charge in [-0.1, -0.05) is 32.5 Å². The van der Waals surface area contributed by atoms with E-state index in [4.69, 9.17) is 4.42 Å². The standard InChI is InChI=1S/C12H22N2OS/c1-8-9(2)15-11(14-8)16-7-10(13-6)12(3,4)5/h10,13H,7H2,1-6H3. The average molecular weight is 242 g/mol. The molecule has 1 atom stereocenters. The molecule has 0 aliphatic heterocycles. The van der Waals surface area contributed by atoms with Crippen LogP contribution in [0, 0.1) is 19.3 Å². The summed E-state index contributed by atoms with van der Waals surface area (Å²) in [6, 6.07) is 0.449. The lowest BCUT2D eigenvalue weighted by Crippen LogP contribution is -2.40. The Labute approximate surface area is 102 Å². The van der Waals surface area contributed by atoms with Gasteiger partial charge in [0, 0.05) is 11.8 Å². The number of oxazole rings is 1. The van der Waals surface area contributed by atoms with Crippen LogP contribution in [0.15, 0.2) is 9.64 Å². The molecule has 0 aliphatic rings. The molecule has 0 aliphatic carbocycles. The highest BCUT2D eigenvalue weighted by atomic mass is 32.2. The minimum Gasteiger partial charge on any atom is -0.437 e. The van der Waals surface area contributed by atoms with Crippen molar-refractivity contribution in [1.82, 2.24) is 10.3 Å². The van der Waals surface area contributed by atoms with Crippen LogP contribution < -0.4 is 5.32 Å². The second-order valence-electron chi connectivity index (χ2n) is 5.14. The SMILES string of the molecule is CNC(CSc1nc(C)c(C)o1)C(C)(C)C. The van der Waals surface area contributed by atoms with Crippen LogP contribution in [-0.2, 0) is 0 Å². The van der Waals surface area contributed by atoms with Crippen molar-refractivity contribution in [3.8, 4) is 0 Å². The van der Waals surface area contributed by atoms with Gasteiger partial charge in [0.25, 0.3) is 5.22 Å². The maximum Gasteiger partial charge on any atom is 0.256 e. The number of hydrogen-bond acceptors (Lipinski definition) is 4. The Morgan fingerprint density at radius 2 is 2.00 bits per heavy atom. The van der Waals surface area contributed by atoms with Gasteiger partial charge in [-0.3, -0.25) is 0 Å². The van der Waals surface area contributed by atoms with Crippen molar-refractivity contribution in [2.24, 2.45) is 5.41 Å². The predicted octanol–water partition coefficient (Wildman–Crippen LogP) is 3.02. The highest BCUT2D eigenvalue weighted by molar-refractivity contribution is 7.99. The zero-order valence-corrected chi connectivity index (χ0v) is 11.9. The molecule has 0 fully saturated rings. The van der Waals surface area contributed by atoms with Crippen LogP contribution in [0.1, 0.15) is 32.2 Å². The number of nitrogens with one attached hydrogen (secondary N) is 1. The molecule has 0 saturated carbocycles. The van der Waals surface area contributed by atoms with Crippen LogP contribution in [0.4, 0.5) is 0 Å². The van der Waals surface area contributed by atoms with E-state index >= 15 is 0 Å². The van der Waals surface area contributed by atoms with Crippen LogP contribution in [0.5, 0.6) is 0 Å². The van der Waals surface area contributed by atoms with Crippen LogP contribution in [0.25, 0.3) is 0 Å². The summed E-state index contributed by atoms with van der Waals surface area (Å²) in [5.41, 5.74) is 1.23. The number of nitrogens with zero attached hydrogens (tertiary/aromatic N) is 1. The van der Waals surface area contributed by atoms with Crippen LogP contribution in [0.2, 0.25) is 0 Å². The Bertz CT molecular complexity index is 322. The van der Waals surface area contributed by atoms with Gasteiger partial charge in [-0.2, -0.15) is 0 Å². The highest BCUT2D eigenvalue weighted by Crippen LogP contribution is 2.26. The van der Waals surface area contributed by atoms with Gasteiger partial charge in [0.15, 0.2) is 0 Å². The Morgan fingerprint density at radius 3 is 2.38 bits per heavy atom. The van der Waals surface area contributed by atoms with Gasteiger partial charge in [-0.25, -0.2) is 4.98 Å². The number of rotatable bonds is 4. The van der Waals surface area contributed by atoms with E-state index in [-0.39, 0.29) is 5.41 Å². The third-order valence-electron chi connectivity index (χ3n) is 2.78. The van der Waals surface area contributed by atoms with Gasteiger partial charge >= 0.3 is 0 Å². The summed E-state index contributed by atoms with van der Waals surface area (Å²) >= 11 is 1.67. The minimum atomic E-state index is 0.248. The summed E-state index contributed by atoms with van der Waals surface area (Å²) < 4.78 is 5.55. The van der Waals surface area contributed by atoms with Gasteiger partial charge in [-0.15, -0.1) is 0 Å². The molecule has 0 aromatic carbocycles. The summed E-state index contributed by atoms with van der Waals surface area (Å²) in [7, 11) is 2.00. The molecule has 0 saturated heterocycles. The highest BCUT2D eigenvalue weighted by Gasteiger charge is 2.23. The lowest BCUT2D eigenvalue weighted by molar-refractivity contribution is 0.305. The van der Waals surface area contributed by atoms with Gasteiger partial charge < -0.3 is 9.73 Å². The van der Waals surface area contributed by atoms with Crippen molar-refractivity contribution >= 4 is 11.8 Å². The zero-order chi connectivity index (χ0) is 12.3. The van der Waals surface area contributed by atoms with Crippen molar-refractivity contribution in [3.63, 3.8) is 0 Å². The van der Waals surface area contributed by atoms with Gasteiger partial charge in [0.05, 0.1) is 5.69 Å². The molecular weight excluding hydrogens is 220 g/mol. The first kappa shape index (κ1) is 13.6. The van der Waals surface area contributed by atoms with E-state index in [0.29, 0.717) is 6.04 Å². The van der Waals surface area contributed by atoms with E-state index in [1.807, 2.05) is 20.9 Å². The van der Waals surface area contributed by atoms with Crippen molar-refractivity contribution in [3.05, 3.63) is 11.5 Å². The van der Waals surface area contributed by atoms with Gasteiger partial charge in [0.1, 0.15) is 5.76 Å². The van der Waals surface area contributed by atoms with Crippen molar-refractivity contribution in [2.75, 3.05) is 12.8 Å². The second-order valence-corrected chi connectivity index (χ2v) is 6.11. The summed E-state index contributed by atoms with van der Waals surface area (Å²) in [6.45, 7) is 10.6. The minimum absolute atomic E-state index is 0.248. The normalized spacial score (nSPS) is 14.1. The lowest BCUT2D eigenvalue weighted by atomic mass is 9.88. The predicted molar refractivity (Wildman–Crippen MR) is 69.0 cm³/mol. The Kier molecular flexibility index (Phi) is 4.44. The molecule has 1 rings (SSSR count). The van der Waals surface area contributed by atoms with Crippen molar-refractivity contribution in [1.29, 1.82) is 0 Å². The first-order chi connectivity index (χ1) is 7.34. The fourth-order valence-electron chi connectivity index (χ4n) is 1.43. The molecule has 3 nitrogen and oxygen atoms in total. The van der Waals surface area contributed by atoms with E-state index in [9.17, 15) is 0 Å². The molecule has 0 bridgehead atoms. The third-order valence-corrected chi connectivity index (χ3v) is 3.70. The topological polar surface area (TPSA) is 38.1 Å². The zero-order valence-electron chi connectivity index (χ0n) is 11.0.